The van der Waals surface area contributed by atoms with Gasteiger partial charge in [0.15, 0.2) is 0 Å². The summed E-state index contributed by atoms with van der Waals surface area (Å²) in [6.45, 7) is 4.19. The molecular formula is C17H23NO. The Balaban J connectivity index is 1.79. The molecule has 2 atom stereocenters. The summed E-state index contributed by atoms with van der Waals surface area (Å²) in [4.78, 5) is 0. The summed E-state index contributed by atoms with van der Waals surface area (Å²) < 4.78 is 5.55. The molecule has 0 fully saturated rings. The van der Waals surface area contributed by atoms with E-state index in [1.54, 1.807) is 0 Å². The van der Waals surface area contributed by atoms with Crippen molar-refractivity contribution in [3.63, 3.8) is 0 Å². The Morgan fingerprint density at radius 1 is 1.37 bits per heavy atom. The maximum atomic E-state index is 5.55. The lowest BCUT2D eigenvalue weighted by molar-refractivity contribution is 0.216. The summed E-state index contributed by atoms with van der Waals surface area (Å²) in [6, 6.07) is 9.32. The van der Waals surface area contributed by atoms with Crippen molar-refractivity contribution >= 4 is 0 Å². The highest BCUT2D eigenvalue weighted by atomic mass is 16.5. The van der Waals surface area contributed by atoms with E-state index in [0.717, 1.165) is 19.6 Å². The van der Waals surface area contributed by atoms with E-state index in [4.69, 9.17) is 4.74 Å². The number of nitrogens with one attached hydrogen (secondary N) is 1. The Kier molecular flexibility index (Phi) is 3.88. The summed E-state index contributed by atoms with van der Waals surface area (Å²) in [6.07, 6.45) is 6.73. The van der Waals surface area contributed by atoms with E-state index in [2.05, 4.69) is 36.5 Å². The zero-order valence-electron chi connectivity index (χ0n) is 11.7. The molecule has 0 saturated heterocycles. The third-order valence-electron chi connectivity index (χ3n) is 4.27. The molecular weight excluding hydrogens is 234 g/mol. The molecule has 0 amide bonds. The third kappa shape index (κ3) is 2.55. The van der Waals surface area contributed by atoms with E-state index in [0.29, 0.717) is 12.0 Å². The fourth-order valence-corrected chi connectivity index (χ4v) is 3.24. The molecule has 1 aliphatic carbocycles. The van der Waals surface area contributed by atoms with Crippen molar-refractivity contribution in [2.45, 2.75) is 44.6 Å². The molecule has 3 rings (SSSR count). The molecule has 0 bridgehead atoms. The van der Waals surface area contributed by atoms with Crippen molar-refractivity contribution in [2.24, 2.45) is 0 Å². The molecule has 2 unspecified atom stereocenters. The van der Waals surface area contributed by atoms with Crippen molar-refractivity contribution in [1.29, 1.82) is 0 Å². The van der Waals surface area contributed by atoms with Gasteiger partial charge in [-0.25, -0.2) is 0 Å². The average Bonchev–Trinajstić information content (AvgIpc) is 2.45. The number of ether oxygens (including phenoxy) is 1. The van der Waals surface area contributed by atoms with Gasteiger partial charge >= 0.3 is 0 Å². The minimum Gasteiger partial charge on any atom is -0.501 e. The van der Waals surface area contributed by atoms with Gasteiger partial charge in [0, 0.05) is 12.0 Å². The molecule has 1 aromatic rings. The van der Waals surface area contributed by atoms with Gasteiger partial charge in [0.1, 0.15) is 0 Å². The molecule has 1 N–H and O–H groups in total. The first-order valence-corrected chi connectivity index (χ1v) is 7.52. The van der Waals surface area contributed by atoms with Crippen LogP contribution in [0.15, 0.2) is 36.1 Å². The predicted molar refractivity (Wildman–Crippen MR) is 78.2 cm³/mol. The summed E-state index contributed by atoms with van der Waals surface area (Å²) in [5, 5.41) is 3.73. The maximum Gasteiger partial charge on any atom is 0.0876 e. The Morgan fingerprint density at radius 2 is 2.26 bits per heavy atom. The first-order chi connectivity index (χ1) is 9.40. The lowest BCUT2D eigenvalue weighted by Gasteiger charge is -2.39. The number of hydrogen-bond donors (Lipinski definition) is 1. The second-order valence-electron chi connectivity index (χ2n) is 5.61. The van der Waals surface area contributed by atoms with Crippen LogP contribution in [0.1, 0.15) is 43.2 Å². The highest BCUT2D eigenvalue weighted by Gasteiger charge is 2.34. The van der Waals surface area contributed by atoms with Gasteiger partial charge in [-0.3, -0.25) is 0 Å². The van der Waals surface area contributed by atoms with Gasteiger partial charge < -0.3 is 10.1 Å². The van der Waals surface area contributed by atoms with E-state index in [1.165, 1.54) is 36.0 Å². The normalized spacial score (nSPS) is 22.8. The van der Waals surface area contributed by atoms with Crippen molar-refractivity contribution in [3.05, 3.63) is 47.2 Å². The lowest BCUT2D eigenvalue weighted by atomic mass is 9.71. The fourth-order valence-electron chi connectivity index (χ4n) is 3.24. The van der Waals surface area contributed by atoms with Crippen LogP contribution < -0.4 is 5.32 Å². The van der Waals surface area contributed by atoms with Crippen LogP contribution in [0.3, 0.4) is 0 Å². The number of fused-ring (bicyclic) bond motifs is 1. The number of benzene rings is 1. The van der Waals surface area contributed by atoms with Gasteiger partial charge in [0.2, 0.25) is 0 Å². The molecule has 102 valence electrons. The highest BCUT2D eigenvalue weighted by Crippen LogP contribution is 2.40. The Morgan fingerprint density at radius 3 is 3.00 bits per heavy atom. The van der Waals surface area contributed by atoms with E-state index >= 15 is 0 Å². The van der Waals surface area contributed by atoms with Gasteiger partial charge in [-0.1, -0.05) is 31.2 Å². The second-order valence-corrected chi connectivity index (χ2v) is 5.61. The largest absolute Gasteiger partial charge is 0.501 e. The van der Waals surface area contributed by atoms with Crippen molar-refractivity contribution in [2.75, 3.05) is 13.2 Å². The van der Waals surface area contributed by atoms with Crippen molar-refractivity contribution in [1.82, 2.24) is 5.32 Å². The minimum absolute atomic E-state index is 0.468. The smallest absolute Gasteiger partial charge is 0.0876 e. The Bertz CT molecular complexity index is 466. The molecule has 0 spiro atoms. The van der Waals surface area contributed by atoms with Crippen LogP contribution in [-0.4, -0.2) is 19.2 Å². The first-order valence-electron chi connectivity index (χ1n) is 7.52. The van der Waals surface area contributed by atoms with Gasteiger partial charge in [0.25, 0.3) is 0 Å². The maximum absolute atomic E-state index is 5.55. The molecule has 1 heterocycles. The monoisotopic (exact) mass is 257 g/mol. The van der Waals surface area contributed by atoms with Crippen LogP contribution in [0.4, 0.5) is 0 Å². The fraction of sp³-hybridized carbons (Fsp3) is 0.529. The van der Waals surface area contributed by atoms with Crippen LogP contribution in [-0.2, 0) is 11.2 Å². The molecule has 19 heavy (non-hydrogen) atoms. The molecule has 2 nitrogen and oxygen atoms in total. The summed E-state index contributed by atoms with van der Waals surface area (Å²) in [7, 11) is 0. The zero-order valence-corrected chi connectivity index (χ0v) is 11.7. The van der Waals surface area contributed by atoms with Crippen LogP contribution in [0.5, 0.6) is 0 Å². The van der Waals surface area contributed by atoms with E-state index < -0.39 is 0 Å². The van der Waals surface area contributed by atoms with E-state index in [1.807, 2.05) is 6.26 Å². The molecule has 1 aliphatic heterocycles. The molecule has 1 aromatic carbocycles. The van der Waals surface area contributed by atoms with Gasteiger partial charge in [-0.05, 0) is 48.9 Å². The lowest BCUT2D eigenvalue weighted by Crippen LogP contribution is -2.42. The van der Waals surface area contributed by atoms with Gasteiger partial charge in [-0.2, -0.15) is 0 Å². The van der Waals surface area contributed by atoms with E-state index in [9.17, 15) is 0 Å². The molecule has 2 aliphatic rings. The third-order valence-corrected chi connectivity index (χ3v) is 4.27. The number of hydrogen-bond acceptors (Lipinski definition) is 2. The quantitative estimate of drug-likeness (QED) is 0.873. The predicted octanol–water partition coefficient (Wildman–Crippen LogP) is 3.39. The number of rotatable bonds is 5. The molecule has 0 aromatic heterocycles. The van der Waals surface area contributed by atoms with Crippen LogP contribution >= 0.6 is 0 Å². The Hall–Kier alpha value is -1.28. The topological polar surface area (TPSA) is 21.3 Å². The summed E-state index contributed by atoms with van der Waals surface area (Å²) in [5.74, 6) is 0.635. The van der Waals surface area contributed by atoms with Crippen molar-refractivity contribution in [3.8, 4) is 0 Å². The van der Waals surface area contributed by atoms with E-state index in [-0.39, 0.29) is 0 Å². The second kappa shape index (κ2) is 5.79. The van der Waals surface area contributed by atoms with Gasteiger partial charge in [0.05, 0.1) is 12.9 Å². The van der Waals surface area contributed by atoms with Crippen LogP contribution in [0.2, 0.25) is 0 Å². The highest BCUT2D eigenvalue weighted by molar-refractivity contribution is 5.43. The zero-order chi connectivity index (χ0) is 13.1. The average molecular weight is 257 g/mol. The molecule has 2 heteroatoms. The van der Waals surface area contributed by atoms with Crippen LogP contribution in [0.25, 0.3) is 0 Å². The molecule has 0 saturated carbocycles. The summed E-state index contributed by atoms with van der Waals surface area (Å²) in [5.41, 5.74) is 4.51. The van der Waals surface area contributed by atoms with Gasteiger partial charge in [-0.15, -0.1) is 0 Å². The standard InChI is InChI=1S/C17H23NO/c1-2-9-18-17(14-7-5-10-19-12-14)16-11-13-6-3-4-8-15(13)16/h3-4,6,8,12,16-18H,2,5,7,9-11H2,1H3. The summed E-state index contributed by atoms with van der Waals surface area (Å²) >= 11 is 0. The molecule has 0 radical (unpaired) electrons. The first kappa shape index (κ1) is 12.7. The van der Waals surface area contributed by atoms with Crippen molar-refractivity contribution < 1.29 is 4.74 Å². The SMILES string of the molecule is CCCNC(C1=COCCC1)C1Cc2ccccc21. The Labute approximate surface area is 115 Å². The van der Waals surface area contributed by atoms with Crippen LogP contribution in [0, 0.1) is 0 Å². The minimum atomic E-state index is 0.468.